The van der Waals surface area contributed by atoms with E-state index in [-0.39, 0.29) is 5.82 Å². The van der Waals surface area contributed by atoms with Gasteiger partial charge in [0.2, 0.25) is 0 Å². The standard InChI is InChI=1S/C13H19BrFNO/c1-17-13-9-12(15)11(14)8-10(13)6-4-2-3-5-7-16/h8-9H,2-7,16H2,1H3. The lowest BCUT2D eigenvalue weighted by atomic mass is 10.1. The zero-order valence-corrected chi connectivity index (χ0v) is 11.7. The Morgan fingerprint density at radius 2 is 1.94 bits per heavy atom. The Hall–Kier alpha value is -0.610. The fourth-order valence-corrected chi connectivity index (χ4v) is 2.16. The molecule has 0 fully saturated rings. The Labute approximate surface area is 110 Å². The van der Waals surface area contributed by atoms with Gasteiger partial charge in [0.25, 0.3) is 0 Å². The van der Waals surface area contributed by atoms with Crippen molar-refractivity contribution >= 4 is 15.9 Å². The Morgan fingerprint density at radius 3 is 2.59 bits per heavy atom. The van der Waals surface area contributed by atoms with Crippen LogP contribution in [-0.2, 0) is 6.42 Å². The molecule has 0 saturated carbocycles. The summed E-state index contributed by atoms with van der Waals surface area (Å²) in [6.45, 7) is 0.755. The highest BCUT2D eigenvalue weighted by Crippen LogP contribution is 2.27. The van der Waals surface area contributed by atoms with Crippen LogP contribution in [0.5, 0.6) is 5.75 Å². The maximum absolute atomic E-state index is 13.3. The number of unbranched alkanes of at least 4 members (excludes halogenated alkanes) is 3. The molecule has 0 aliphatic rings. The van der Waals surface area contributed by atoms with Crippen LogP contribution in [0.4, 0.5) is 4.39 Å². The lowest BCUT2D eigenvalue weighted by Crippen LogP contribution is -1.98. The number of methoxy groups -OCH3 is 1. The molecule has 2 nitrogen and oxygen atoms in total. The number of hydrogen-bond donors (Lipinski definition) is 1. The average molecular weight is 304 g/mol. The van der Waals surface area contributed by atoms with Crippen LogP contribution in [0.25, 0.3) is 0 Å². The molecule has 96 valence electrons. The first-order valence-corrected chi connectivity index (χ1v) is 6.70. The fraction of sp³-hybridized carbons (Fsp3) is 0.538. The average Bonchev–Trinajstić information content (AvgIpc) is 2.33. The highest BCUT2D eigenvalue weighted by molar-refractivity contribution is 9.10. The van der Waals surface area contributed by atoms with E-state index in [1.165, 1.54) is 6.07 Å². The number of hydrogen-bond acceptors (Lipinski definition) is 2. The molecule has 1 aromatic rings. The topological polar surface area (TPSA) is 35.2 Å². The third-order valence-electron chi connectivity index (χ3n) is 2.72. The third kappa shape index (κ3) is 4.64. The summed E-state index contributed by atoms with van der Waals surface area (Å²) in [4.78, 5) is 0. The van der Waals surface area contributed by atoms with E-state index in [0.717, 1.165) is 44.2 Å². The highest BCUT2D eigenvalue weighted by Gasteiger charge is 2.08. The number of nitrogens with two attached hydrogens (primary N) is 1. The van der Waals surface area contributed by atoms with Crippen molar-refractivity contribution in [3.8, 4) is 5.75 Å². The van der Waals surface area contributed by atoms with Crippen molar-refractivity contribution in [3.05, 3.63) is 28.0 Å². The minimum Gasteiger partial charge on any atom is -0.496 e. The minimum atomic E-state index is -0.284. The van der Waals surface area contributed by atoms with Gasteiger partial charge in [-0.25, -0.2) is 4.39 Å². The maximum atomic E-state index is 13.3. The van der Waals surface area contributed by atoms with Gasteiger partial charge in [-0.2, -0.15) is 0 Å². The molecule has 0 bridgehead atoms. The molecule has 2 N–H and O–H groups in total. The molecule has 0 amide bonds. The largest absolute Gasteiger partial charge is 0.496 e. The van der Waals surface area contributed by atoms with E-state index in [2.05, 4.69) is 15.9 Å². The first-order chi connectivity index (χ1) is 8.19. The Kier molecular flexibility index (Phi) is 6.52. The second-order valence-corrected chi connectivity index (χ2v) is 4.89. The van der Waals surface area contributed by atoms with Gasteiger partial charge in [-0.05, 0) is 53.4 Å². The Bertz CT molecular complexity index is 358. The van der Waals surface area contributed by atoms with Crippen molar-refractivity contribution in [2.75, 3.05) is 13.7 Å². The maximum Gasteiger partial charge on any atom is 0.141 e. The summed E-state index contributed by atoms with van der Waals surface area (Å²) in [5.41, 5.74) is 6.49. The molecule has 0 aliphatic heterocycles. The van der Waals surface area contributed by atoms with E-state index in [0.29, 0.717) is 10.2 Å². The molecule has 0 radical (unpaired) electrons. The molecule has 0 aliphatic carbocycles. The van der Waals surface area contributed by atoms with E-state index in [4.69, 9.17) is 10.5 Å². The molecule has 17 heavy (non-hydrogen) atoms. The third-order valence-corrected chi connectivity index (χ3v) is 3.33. The summed E-state index contributed by atoms with van der Waals surface area (Å²) in [5, 5.41) is 0. The number of aryl methyl sites for hydroxylation is 1. The molecule has 0 atom stereocenters. The van der Waals surface area contributed by atoms with Crippen molar-refractivity contribution in [2.24, 2.45) is 5.73 Å². The van der Waals surface area contributed by atoms with Crippen LogP contribution in [0.15, 0.2) is 16.6 Å². The van der Waals surface area contributed by atoms with Gasteiger partial charge in [-0.1, -0.05) is 12.8 Å². The van der Waals surface area contributed by atoms with Crippen LogP contribution in [-0.4, -0.2) is 13.7 Å². The molecule has 4 heteroatoms. The molecular weight excluding hydrogens is 285 g/mol. The van der Waals surface area contributed by atoms with E-state index >= 15 is 0 Å². The van der Waals surface area contributed by atoms with Crippen molar-refractivity contribution < 1.29 is 9.13 Å². The van der Waals surface area contributed by atoms with Gasteiger partial charge in [-0.15, -0.1) is 0 Å². The summed E-state index contributed by atoms with van der Waals surface area (Å²) in [7, 11) is 1.57. The van der Waals surface area contributed by atoms with Gasteiger partial charge in [0.15, 0.2) is 0 Å². The minimum absolute atomic E-state index is 0.284. The smallest absolute Gasteiger partial charge is 0.141 e. The first kappa shape index (κ1) is 14.5. The van der Waals surface area contributed by atoms with E-state index in [1.54, 1.807) is 13.2 Å². The molecule has 0 aromatic heterocycles. The number of halogens is 2. The van der Waals surface area contributed by atoms with Gasteiger partial charge in [0.05, 0.1) is 11.6 Å². The van der Waals surface area contributed by atoms with Crippen molar-refractivity contribution in [1.82, 2.24) is 0 Å². The van der Waals surface area contributed by atoms with Gasteiger partial charge in [-0.3, -0.25) is 0 Å². The summed E-state index contributed by atoms with van der Waals surface area (Å²) >= 11 is 3.20. The molecule has 0 spiro atoms. The van der Waals surface area contributed by atoms with Crippen LogP contribution < -0.4 is 10.5 Å². The highest BCUT2D eigenvalue weighted by atomic mass is 79.9. The summed E-state index contributed by atoms with van der Waals surface area (Å²) in [6, 6.07) is 3.23. The van der Waals surface area contributed by atoms with Crippen LogP contribution in [0.1, 0.15) is 31.2 Å². The number of ether oxygens (including phenoxy) is 1. The Balaban J connectivity index is 2.54. The van der Waals surface area contributed by atoms with Crippen molar-refractivity contribution in [3.63, 3.8) is 0 Å². The number of benzene rings is 1. The summed E-state index contributed by atoms with van der Waals surface area (Å²) in [6.07, 6.45) is 5.36. The predicted molar refractivity (Wildman–Crippen MR) is 71.9 cm³/mol. The molecule has 0 saturated heterocycles. The first-order valence-electron chi connectivity index (χ1n) is 5.91. The second kappa shape index (κ2) is 7.67. The van der Waals surface area contributed by atoms with Gasteiger partial charge in [0.1, 0.15) is 11.6 Å². The van der Waals surface area contributed by atoms with E-state index in [9.17, 15) is 4.39 Å². The van der Waals surface area contributed by atoms with E-state index < -0.39 is 0 Å². The molecule has 1 aromatic carbocycles. The van der Waals surface area contributed by atoms with Gasteiger partial charge >= 0.3 is 0 Å². The fourth-order valence-electron chi connectivity index (χ4n) is 1.77. The molecular formula is C13H19BrFNO. The number of rotatable bonds is 7. The lowest BCUT2D eigenvalue weighted by Gasteiger charge is -2.09. The normalized spacial score (nSPS) is 10.6. The molecule has 1 rings (SSSR count). The lowest BCUT2D eigenvalue weighted by molar-refractivity contribution is 0.405. The van der Waals surface area contributed by atoms with Crippen LogP contribution in [0.3, 0.4) is 0 Å². The van der Waals surface area contributed by atoms with Gasteiger partial charge in [0, 0.05) is 6.07 Å². The summed E-state index contributed by atoms with van der Waals surface area (Å²) < 4.78 is 19.0. The zero-order valence-electron chi connectivity index (χ0n) is 10.1. The predicted octanol–water partition coefficient (Wildman–Crippen LogP) is 3.66. The van der Waals surface area contributed by atoms with Crippen LogP contribution >= 0.6 is 15.9 Å². The van der Waals surface area contributed by atoms with Crippen LogP contribution in [0, 0.1) is 5.82 Å². The van der Waals surface area contributed by atoms with Crippen molar-refractivity contribution in [1.29, 1.82) is 0 Å². The molecule has 0 heterocycles. The molecule has 0 unspecified atom stereocenters. The van der Waals surface area contributed by atoms with Gasteiger partial charge < -0.3 is 10.5 Å². The second-order valence-electron chi connectivity index (χ2n) is 4.03. The SMILES string of the molecule is COc1cc(F)c(Br)cc1CCCCCCN. The Morgan fingerprint density at radius 1 is 1.24 bits per heavy atom. The monoisotopic (exact) mass is 303 g/mol. The zero-order chi connectivity index (χ0) is 12.7. The van der Waals surface area contributed by atoms with E-state index in [1.807, 2.05) is 0 Å². The summed E-state index contributed by atoms with van der Waals surface area (Å²) in [5.74, 6) is 0.346. The quantitative estimate of drug-likeness (QED) is 0.780. The van der Waals surface area contributed by atoms with Crippen molar-refractivity contribution in [2.45, 2.75) is 32.1 Å². The van der Waals surface area contributed by atoms with Crippen LogP contribution in [0.2, 0.25) is 0 Å².